The van der Waals surface area contributed by atoms with Crippen LogP contribution in [-0.2, 0) is 23.5 Å². The van der Waals surface area contributed by atoms with Crippen molar-refractivity contribution >= 4 is 45.1 Å². The van der Waals surface area contributed by atoms with Crippen molar-refractivity contribution in [1.82, 2.24) is 9.97 Å². The molecule has 1 aliphatic rings. The van der Waals surface area contributed by atoms with Crippen LogP contribution in [0.15, 0.2) is 40.5 Å². The molecular weight excluding hydrogens is 380 g/mol. The van der Waals surface area contributed by atoms with Crippen molar-refractivity contribution in [2.24, 2.45) is 0 Å². The van der Waals surface area contributed by atoms with Gasteiger partial charge in [-0.2, -0.15) is 0 Å². The highest BCUT2D eigenvalue weighted by Gasteiger charge is 2.33. The Morgan fingerprint density at radius 1 is 1.23 bits per heavy atom. The van der Waals surface area contributed by atoms with Gasteiger partial charge in [0.05, 0.1) is 12.2 Å². The molecule has 26 heavy (non-hydrogen) atoms. The van der Waals surface area contributed by atoms with E-state index in [9.17, 15) is 0 Å². The van der Waals surface area contributed by atoms with Gasteiger partial charge < -0.3 is 4.74 Å². The van der Waals surface area contributed by atoms with Crippen molar-refractivity contribution in [3.05, 3.63) is 46.3 Å². The van der Waals surface area contributed by atoms with Crippen molar-refractivity contribution in [1.29, 1.82) is 0 Å². The molecular formula is C20H22N2OS3. The number of ether oxygens (including phenoxy) is 1. The molecule has 0 radical (unpaired) electrons. The van der Waals surface area contributed by atoms with Gasteiger partial charge in [-0.15, -0.1) is 23.1 Å². The maximum atomic E-state index is 6.15. The molecule has 0 N–H and O–H groups in total. The summed E-state index contributed by atoms with van der Waals surface area (Å²) < 4.78 is 6.15. The van der Waals surface area contributed by atoms with Crippen LogP contribution in [-0.4, -0.2) is 21.8 Å². The molecule has 6 heteroatoms. The molecule has 3 heterocycles. The van der Waals surface area contributed by atoms with Crippen LogP contribution in [0.4, 0.5) is 0 Å². The van der Waals surface area contributed by atoms with Gasteiger partial charge in [0.25, 0.3) is 0 Å². The quantitative estimate of drug-likeness (QED) is 0.299. The van der Waals surface area contributed by atoms with Crippen LogP contribution in [0, 0.1) is 0 Å². The number of rotatable bonds is 5. The zero-order valence-corrected chi connectivity index (χ0v) is 17.7. The number of thiophene rings is 1. The topological polar surface area (TPSA) is 35.0 Å². The third-order valence-corrected chi connectivity index (χ3v) is 7.63. The first kappa shape index (κ1) is 18.3. The number of nitrogens with zero attached hydrogens (tertiary/aromatic N) is 2. The van der Waals surface area contributed by atoms with E-state index in [1.165, 1.54) is 21.4 Å². The predicted molar refractivity (Wildman–Crippen MR) is 112 cm³/mol. The lowest BCUT2D eigenvalue weighted by Crippen LogP contribution is -2.33. The number of hydrogen-bond donors (Lipinski definition) is 0. The van der Waals surface area contributed by atoms with Crippen LogP contribution in [0.25, 0.3) is 10.2 Å². The Bertz CT molecular complexity index is 926. The molecule has 0 amide bonds. The monoisotopic (exact) mass is 402 g/mol. The standard InChI is InChI=1S/C20H22N2OS3/c1-4-20(2)10-14-15(11-23-20)26-18-16(14)17(21-19(22-18)24-3)25-12-13-8-6-5-7-9-13/h5-9H,4,10-12H2,1-3H3/t20-/m1/s1. The minimum absolute atomic E-state index is 0.0828. The number of benzene rings is 1. The molecule has 0 fully saturated rings. The lowest BCUT2D eigenvalue weighted by atomic mass is 9.90. The molecule has 0 aliphatic carbocycles. The molecule has 0 spiro atoms. The van der Waals surface area contributed by atoms with Crippen LogP contribution in [0.3, 0.4) is 0 Å². The minimum atomic E-state index is -0.0828. The maximum absolute atomic E-state index is 6.15. The van der Waals surface area contributed by atoms with E-state index in [0.717, 1.165) is 33.6 Å². The van der Waals surface area contributed by atoms with Crippen molar-refractivity contribution < 1.29 is 4.74 Å². The highest BCUT2D eigenvalue weighted by Crippen LogP contribution is 2.43. The first-order valence-corrected chi connectivity index (χ1v) is 11.8. The molecule has 136 valence electrons. The largest absolute Gasteiger partial charge is 0.369 e. The Balaban J connectivity index is 1.76. The third kappa shape index (κ3) is 3.52. The Hall–Kier alpha value is -1.08. The van der Waals surface area contributed by atoms with Gasteiger partial charge in [0.15, 0.2) is 5.16 Å². The van der Waals surface area contributed by atoms with Crippen molar-refractivity contribution in [2.75, 3.05) is 6.26 Å². The summed E-state index contributed by atoms with van der Waals surface area (Å²) in [5.41, 5.74) is 2.64. The van der Waals surface area contributed by atoms with Gasteiger partial charge in [-0.1, -0.05) is 49.0 Å². The van der Waals surface area contributed by atoms with Crippen molar-refractivity contribution in [2.45, 2.75) is 54.8 Å². The normalized spacial score (nSPS) is 19.7. The summed E-state index contributed by atoms with van der Waals surface area (Å²) in [7, 11) is 0. The summed E-state index contributed by atoms with van der Waals surface area (Å²) in [6.07, 6.45) is 4.00. The van der Waals surface area contributed by atoms with Gasteiger partial charge in [-0.3, -0.25) is 0 Å². The van der Waals surface area contributed by atoms with E-state index >= 15 is 0 Å². The van der Waals surface area contributed by atoms with E-state index < -0.39 is 0 Å². The van der Waals surface area contributed by atoms with E-state index in [4.69, 9.17) is 14.7 Å². The molecule has 4 rings (SSSR count). The van der Waals surface area contributed by atoms with Gasteiger partial charge >= 0.3 is 0 Å². The van der Waals surface area contributed by atoms with Crippen molar-refractivity contribution in [3.8, 4) is 0 Å². The summed E-state index contributed by atoms with van der Waals surface area (Å²) in [6, 6.07) is 10.6. The molecule has 0 unspecified atom stereocenters. The second-order valence-corrected chi connectivity index (χ2v) is 9.56. The summed E-state index contributed by atoms with van der Waals surface area (Å²) >= 11 is 5.20. The van der Waals surface area contributed by atoms with Gasteiger partial charge in [-0.25, -0.2) is 9.97 Å². The summed E-state index contributed by atoms with van der Waals surface area (Å²) in [5.74, 6) is 0.924. The highest BCUT2D eigenvalue weighted by atomic mass is 32.2. The molecule has 0 saturated heterocycles. The zero-order valence-electron chi connectivity index (χ0n) is 15.2. The van der Waals surface area contributed by atoms with Crippen LogP contribution in [0.5, 0.6) is 0 Å². The second-order valence-electron chi connectivity index (χ2n) is 6.74. The van der Waals surface area contributed by atoms with Crippen LogP contribution >= 0.6 is 34.9 Å². The van der Waals surface area contributed by atoms with E-state index in [1.54, 1.807) is 23.1 Å². The Labute approximate surface area is 167 Å². The molecule has 1 atom stereocenters. The zero-order chi connectivity index (χ0) is 18.1. The van der Waals surface area contributed by atoms with E-state index in [-0.39, 0.29) is 5.60 Å². The van der Waals surface area contributed by atoms with Gasteiger partial charge in [0.2, 0.25) is 0 Å². The Morgan fingerprint density at radius 2 is 2.04 bits per heavy atom. The summed E-state index contributed by atoms with van der Waals surface area (Å²) in [6.45, 7) is 5.11. The minimum Gasteiger partial charge on any atom is -0.369 e. The lowest BCUT2D eigenvalue weighted by Gasteiger charge is -2.33. The average Bonchev–Trinajstić information content (AvgIpc) is 3.04. The first-order valence-electron chi connectivity index (χ1n) is 8.79. The van der Waals surface area contributed by atoms with Crippen LogP contribution < -0.4 is 0 Å². The third-order valence-electron chi connectivity index (χ3n) is 4.93. The number of aromatic nitrogens is 2. The molecule has 1 aliphatic heterocycles. The van der Waals surface area contributed by atoms with Crippen LogP contribution in [0.2, 0.25) is 0 Å². The van der Waals surface area contributed by atoms with Gasteiger partial charge in [0.1, 0.15) is 9.86 Å². The molecule has 2 aromatic heterocycles. The molecule has 0 saturated carbocycles. The fraction of sp³-hybridized carbons (Fsp3) is 0.400. The smallest absolute Gasteiger partial charge is 0.189 e. The van der Waals surface area contributed by atoms with Crippen LogP contribution in [0.1, 0.15) is 36.3 Å². The molecule has 0 bridgehead atoms. The highest BCUT2D eigenvalue weighted by molar-refractivity contribution is 7.99. The van der Waals surface area contributed by atoms with E-state index in [1.807, 2.05) is 18.0 Å². The number of thioether (sulfide) groups is 2. The number of hydrogen-bond acceptors (Lipinski definition) is 6. The summed E-state index contributed by atoms with van der Waals surface area (Å²) in [5, 5.41) is 3.22. The fourth-order valence-electron chi connectivity index (χ4n) is 3.17. The predicted octanol–water partition coefficient (Wildman–Crippen LogP) is 5.95. The lowest BCUT2D eigenvalue weighted by molar-refractivity contribution is -0.0543. The Kier molecular flexibility index (Phi) is 5.28. The molecule has 3 aromatic rings. The van der Waals surface area contributed by atoms with Crippen molar-refractivity contribution in [3.63, 3.8) is 0 Å². The maximum Gasteiger partial charge on any atom is 0.189 e. The average molecular weight is 403 g/mol. The Morgan fingerprint density at radius 3 is 2.77 bits per heavy atom. The fourth-order valence-corrected chi connectivity index (χ4v) is 5.83. The van der Waals surface area contributed by atoms with E-state index in [2.05, 4.69) is 44.2 Å². The first-order chi connectivity index (χ1) is 12.6. The summed E-state index contributed by atoms with van der Waals surface area (Å²) in [4.78, 5) is 12.1. The molecule has 3 nitrogen and oxygen atoms in total. The second kappa shape index (κ2) is 7.50. The van der Waals surface area contributed by atoms with Gasteiger partial charge in [-0.05, 0) is 30.7 Å². The molecule has 1 aromatic carbocycles. The van der Waals surface area contributed by atoms with Gasteiger partial charge in [0, 0.05) is 22.4 Å². The SMILES string of the molecule is CC[C@]1(C)Cc2c(sc3nc(SC)nc(SCc4ccccc4)c23)CO1. The van der Waals surface area contributed by atoms with E-state index in [0.29, 0.717) is 6.61 Å². The number of fused-ring (bicyclic) bond motifs is 3.